The quantitative estimate of drug-likeness (QED) is 0.461. The van der Waals surface area contributed by atoms with Gasteiger partial charge in [-0.25, -0.2) is 4.79 Å². The molecule has 25 heavy (non-hydrogen) atoms. The van der Waals surface area contributed by atoms with Crippen molar-refractivity contribution >= 4 is 6.16 Å². The third-order valence-corrected chi connectivity index (χ3v) is 4.28. The van der Waals surface area contributed by atoms with E-state index in [0.29, 0.717) is 24.7 Å². The summed E-state index contributed by atoms with van der Waals surface area (Å²) in [6.45, 7) is 16.8. The Kier molecular flexibility index (Phi) is 7.33. The summed E-state index contributed by atoms with van der Waals surface area (Å²) in [5, 5.41) is 20.1. The molecule has 0 aliphatic heterocycles. The molecule has 4 nitrogen and oxygen atoms in total. The number of carbonyl (C=O) groups is 1. The molecule has 0 aliphatic carbocycles. The van der Waals surface area contributed by atoms with Crippen LogP contribution in [0.4, 0.5) is 4.79 Å². The number of hydrogen-bond donors (Lipinski definition) is 2. The summed E-state index contributed by atoms with van der Waals surface area (Å²) < 4.78 is 5.09. The zero-order valence-corrected chi connectivity index (χ0v) is 16.9. The highest BCUT2D eigenvalue weighted by atomic mass is 16.7. The molecule has 0 unspecified atom stereocenters. The van der Waals surface area contributed by atoms with Crippen LogP contribution in [0.3, 0.4) is 0 Å². The second kappa shape index (κ2) is 8.59. The number of aromatic hydroxyl groups is 1. The van der Waals surface area contributed by atoms with Crippen molar-refractivity contribution in [3.63, 3.8) is 0 Å². The molecule has 0 heterocycles. The highest BCUT2D eigenvalue weighted by molar-refractivity contribution is 5.68. The van der Waals surface area contributed by atoms with E-state index in [1.54, 1.807) is 0 Å². The highest BCUT2D eigenvalue weighted by Crippen LogP contribution is 2.46. The molecule has 0 aromatic heterocycles. The van der Waals surface area contributed by atoms with Gasteiger partial charge in [0.15, 0.2) is 11.5 Å². The fourth-order valence-electron chi connectivity index (χ4n) is 3.60. The molecular formula is C21H34O4. The Hall–Kier alpha value is -1.71. The molecule has 0 atom stereocenters. The topological polar surface area (TPSA) is 66.8 Å². The predicted molar refractivity (Wildman–Crippen MR) is 102 cm³/mol. The lowest BCUT2D eigenvalue weighted by atomic mass is 9.79. The zero-order valence-electron chi connectivity index (χ0n) is 16.9. The summed E-state index contributed by atoms with van der Waals surface area (Å²) in [4.78, 5) is 11.3. The smallest absolute Gasteiger partial charge is 0.504 e. The molecule has 0 amide bonds. The molecule has 2 N–H and O–H groups in total. The monoisotopic (exact) mass is 350 g/mol. The van der Waals surface area contributed by atoms with Gasteiger partial charge in [-0.2, -0.15) is 0 Å². The highest BCUT2D eigenvalue weighted by Gasteiger charge is 2.29. The molecule has 0 fully saturated rings. The van der Waals surface area contributed by atoms with Crippen molar-refractivity contribution in [2.24, 2.45) is 11.8 Å². The third-order valence-electron chi connectivity index (χ3n) is 4.28. The largest absolute Gasteiger partial charge is 0.511 e. The Morgan fingerprint density at radius 1 is 0.840 bits per heavy atom. The molecule has 0 radical (unpaired) electrons. The van der Waals surface area contributed by atoms with E-state index >= 15 is 0 Å². The maximum absolute atomic E-state index is 11.3. The van der Waals surface area contributed by atoms with E-state index < -0.39 is 6.16 Å². The van der Waals surface area contributed by atoms with Crippen LogP contribution in [0.25, 0.3) is 0 Å². The first-order chi connectivity index (χ1) is 11.5. The molecule has 1 aromatic carbocycles. The number of benzene rings is 1. The summed E-state index contributed by atoms with van der Waals surface area (Å²) in [7, 11) is 0. The number of phenols is 1. The standard InChI is InChI=1S/C21H34O4/c1-11(2)9-15-17(13(5)6)18(14(7)8)16(10-12(3)4)20(19(15)22)25-21(23)24/h11-14,22H,9-10H2,1-8H3,(H,23,24). The zero-order chi connectivity index (χ0) is 19.5. The maximum atomic E-state index is 11.3. The Balaban J connectivity index is 3.92. The van der Waals surface area contributed by atoms with E-state index in [4.69, 9.17) is 4.74 Å². The summed E-state index contributed by atoms with van der Waals surface area (Å²) >= 11 is 0. The summed E-state index contributed by atoms with van der Waals surface area (Å²) in [6.07, 6.45) is -0.0228. The van der Waals surface area contributed by atoms with Gasteiger partial charge in [-0.3, -0.25) is 0 Å². The van der Waals surface area contributed by atoms with Gasteiger partial charge in [0.05, 0.1) is 0 Å². The molecule has 0 bridgehead atoms. The van der Waals surface area contributed by atoms with Gasteiger partial charge in [0, 0.05) is 11.1 Å². The lowest BCUT2D eigenvalue weighted by Crippen LogP contribution is -2.16. The molecular weight excluding hydrogens is 316 g/mol. The number of phenolic OH excluding ortho intramolecular Hbond substituents is 1. The minimum atomic E-state index is -1.39. The van der Waals surface area contributed by atoms with Gasteiger partial charge in [0.2, 0.25) is 0 Å². The lowest BCUT2D eigenvalue weighted by molar-refractivity contribution is 0.142. The van der Waals surface area contributed by atoms with Gasteiger partial charge in [-0.05, 0) is 47.6 Å². The maximum Gasteiger partial charge on any atom is 0.511 e. The average Bonchev–Trinajstić information content (AvgIpc) is 2.43. The first-order valence-corrected chi connectivity index (χ1v) is 9.28. The first kappa shape index (κ1) is 21.3. The fourth-order valence-corrected chi connectivity index (χ4v) is 3.60. The van der Waals surface area contributed by atoms with Crippen LogP contribution >= 0.6 is 0 Å². The van der Waals surface area contributed by atoms with E-state index in [9.17, 15) is 15.0 Å². The van der Waals surface area contributed by atoms with E-state index in [1.807, 2.05) is 0 Å². The number of rotatable bonds is 7. The van der Waals surface area contributed by atoms with E-state index in [-0.39, 0.29) is 23.3 Å². The Labute approximate surface area is 152 Å². The van der Waals surface area contributed by atoms with Crippen LogP contribution in [0, 0.1) is 11.8 Å². The van der Waals surface area contributed by atoms with Crippen LogP contribution in [0.1, 0.15) is 89.5 Å². The molecule has 4 heteroatoms. The van der Waals surface area contributed by atoms with Crippen LogP contribution in [-0.4, -0.2) is 16.4 Å². The van der Waals surface area contributed by atoms with Gasteiger partial charge >= 0.3 is 6.16 Å². The SMILES string of the molecule is CC(C)Cc1c(O)c(OC(=O)O)c(CC(C)C)c(C(C)C)c1C(C)C. The Morgan fingerprint density at radius 3 is 1.60 bits per heavy atom. The Bertz CT molecular complexity index is 613. The van der Waals surface area contributed by atoms with Crippen LogP contribution < -0.4 is 4.74 Å². The predicted octanol–water partition coefficient (Wildman–Crippen LogP) is 6.09. The molecule has 1 rings (SSSR count). The summed E-state index contributed by atoms with van der Waals surface area (Å²) in [6, 6.07) is 0. The van der Waals surface area contributed by atoms with Crippen molar-refractivity contribution < 1.29 is 19.7 Å². The average molecular weight is 350 g/mol. The van der Waals surface area contributed by atoms with Gasteiger partial charge in [0.25, 0.3) is 0 Å². The van der Waals surface area contributed by atoms with E-state index in [2.05, 4.69) is 55.4 Å². The number of carboxylic acid groups (broad SMARTS) is 1. The van der Waals surface area contributed by atoms with Crippen LogP contribution in [0.2, 0.25) is 0 Å². The van der Waals surface area contributed by atoms with Crippen molar-refractivity contribution in [3.05, 3.63) is 22.3 Å². The lowest BCUT2D eigenvalue weighted by Gasteiger charge is -2.28. The Morgan fingerprint density at radius 2 is 1.24 bits per heavy atom. The molecule has 142 valence electrons. The van der Waals surface area contributed by atoms with Crippen molar-refractivity contribution in [1.82, 2.24) is 0 Å². The van der Waals surface area contributed by atoms with E-state index in [1.165, 1.54) is 0 Å². The molecule has 0 saturated heterocycles. The van der Waals surface area contributed by atoms with Crippen molar-refractivity contribution in [3.8, 4) is 11.5 Å². The van der Waals surface area contributed by atoms with Gasteiger partial charge in [-0.1, -0.05) is 55.4 Å². The summed E-state index contributed by atoms with van der Waals surface area (Å²) in [5.74, 6) is 1.25. The van der Waals surface area contributed by atoms with Crippen LogP contribution in [0.15, 0.2) is 0 Å². The first-order valence-electron chi connectivity index (χ1n) is 9.28. The van der Waals surface area contributed by atoms with Crippen molar-refractivity contribution in [1.29, 1.82) is 0 Å². The van der Waals surface area contributed by atoms with Crippen LogP contribution in [0.5, 0.6) is 11.5 Å². The van der Waals surface area contributed by atoms with Gasteiger partial charge in [0.1, 0.15) is 0 Å². The van der Waals surface area contributed by atoms with E-state index in [0.717, 1.165) is 22.3 Å². The molecule has 0 aliphatic rings. The normalized spacial score (nSPS) is 11.8. The minimum absolute atomic E-state index is 0.000139. The van der Waals surface area contributed by atoms with Gasteiger partial charge in [-0.15, -0.1) is 0 Å². The molecule has 0 spiro atoms. The molecule has 0 saturated carbocycles. The number of hydrogen-bond acceptors (Lipinski definition) is 3. The minimum Gasteiger partial charge on any atom is -0.504 e. The van der Waals surface area contributed by atoms with Gasteiger partial charge < -0.3 is 14.9 Å². The number of ether oxygens (including phenoxy) is 1. The molecule has 1 aromatic rings. The second-order valence-corrected chi connectivity index (χ2v) is 8.34. The second-order valence-electron chi connectivity index (χ2n) is 8.34. The van der Waals surface area contributed by atoms with Crippen molar-refractivity contribution in [2.45, 2.75) is 80.1 Å². The summed E-state index contributed by atoms with van der Waals surface area (Å²) in [5.41, 5.74) is 3.95. The van der Waals surface area contributed by atoms with Crippen LogP contribution in [-0.2, 0) is 12.8 Å². The fraction of sp³-hybridized carbons (Fsp3) is 0.667. The third kappa shape index (κ3) is 5.13. The van der Waals surface area contributed by atoms with Crippen molar-refractivity contribution in [2.75, 3.05) is 0 Å².